The van der Waals surface area contributed by atoms with Gasteiger partial charge in [0.15, 0.2) is 0 Å². The molecule has 1 unspecified atom stereocenters. The average molecular weight is 265 g/mol. The molecule has 0 aromatic heterocycles. The molecule has 1 aromatic carbocycles. The van der Waals surface area contributed by atoms with Gasteiger partial charge in [0.25, 0.3) is 0 Å². The molecule has 0 saturated heterocycles. The second-order valence-corrected chi connectivity index (χ2v) is 4.90. The second-order valence-electron chi connectivity index (χ2n) is 4.90. The summed E-state index contributed by atoms with van der Waals surface area (Å²) in [6.45, 7) is 6.33. The zero-order valence-electron chi connectivity index (χ0n) is 12.2. The van der Waals surface area contributed by atoms with Crippen molar-refractivity contribution in [3.63, 3.8) is 0 Å². The van der Waals surface area contributed by atoms with Gasteiger partial charge in [-0.15, -0.1) is 0 Å². The number of unbranched alkanes of at least 4 members (excludes halogenated alkanes) is 2. The van der Waals surface area contributed by atoms with Gasteiger partial charge in [0, 0.05) is 6.61 Å². The fourth-order valence-corrected chi connectivity index (χ4v) is 2.23. The number of aliphatic hydroxyl groups is 1. The van der Waals surface area contributed by atoms with Crippen LogP contribution < -0.4 is 5.32 Å². The zero-order valence-corrected chi connectivity index (χ0v) is 12.2. The van der Waals surface area contributed by atoms with E-state index in [1.807, 2.05) is 37.3 Å². The molecule has 19 heavy (non-hydrogen) atoms. The summed E-state index contributed by atoms with van der Waals surface area (Å²) in [5.74, 6) is 0. The standard InChI is InChI=1S/C16H27NO2/c1-3-5-9-12-19-14-16(13-18,17-4-2)15-10-7-6-8-11-15/h6-8,10-11,17-18H,3-5,9,12-14H2,1-2H3. The summed E-state index contributed by atoms with van der Waals surface area (Å²) in [6.07, 6.45) is 3.47. The summed E-state index contributed by atoms with van der Waals surface area (Å²) in [4.78, 5) is 0. The Hall–Kier alpha value is -0.900. The summed E-state index contributed by atoms with van der Waals surface area (Å²) in [7, 11) is 0. The average Bonchev–Trinajstić information content (AvgIpc) is 2.47. The molecule has 0 aliphatic carbocycles. The van der Waals surface area contributed by atoms with E-state index < -0.39 is 5.54 Å². The highest BCUT2D eigenvalue weighted by Gasteiger charge is 2.30. The first-order valence-electron chi connectivity index (χ1n) is 7.28. The number of benzene rings is 1. The van der Waals surface area contributed by atoms with E-state index in [0.717, 1.165) is 25.1 Å². The molecule has 0 aliphatic heterocycles. The Labute approximate surface area is 117 Å². The van der Waals surface area contributed by atoms with Gasteiger partial charge in [-0.3, -0.25) is 0 Å². The molecule has 0 amide bonds. The highest BCUT2D eigenvalue weighted by atomic mass is 16.5. The summed E-state index contributed by atoms with van der Waals surface area (Å²) < 4.78 is 5.78. The third-order valence-electron chi connectivity index (χ3n) is 3.35. The normalized spacial score (nSPS) is 14.3. The van der Waals surface area contributed by atoms with Crippen molar-refractivity contribution in [1.29, 1.82) is 0 Å². The van der Waals surface area contributed by atoms with Crippen molar-refractivity contribution in [1.82, 2.24) is 5.32 Å². The number of ether oxygens (including phenoxy) is 1. The third-order valence-corrected chi connectivity index (χ3v) is 3.35. The molecule has 1 rings (SSSR count). The van der Waals surface area contributed by atoms with Gasteiger partial charge in [-0.2, -0.15) is 0 Å². The van der Waals surface area contributed by atoms with Crippen LogP contribution in [0.15, 0.2) is 30.3 Å². The molecule has 0 bridgehead atoms. The Kier molecular flexibility index (Phi) is 7.72. The van der Waals surface area contributed by atoms with E-state index in [2.05, 4.69) is 12.2 Å². The molecule has 108 valence electrons. The third kappa shape index (κ3) is 4.94. The quantitative estimate of drug-likeness (QED) is 0.639. The molecule has 1 aromatic rings. The lowest BCUT2D eigenvalue weighted by Gasteiger charge is -2.33. The van der Waals surface area contributed by atoms with Crippen molar-refractivity contribution >= 4 is 0 Å². The number of aliphatic hydroxyl groups excluding tert-OH is 1. The lowest BCUT2D eigenvalue weighted by molar-refractivity contribution is 0.0328. The van der Waals surface area contributed by atoms with E-state index in [4.69, 9.17) is 4.74 Å². The minimum atomic E-state index is -0.484. The molecule has 0 radical (unpaired) electrons. The van der Waals surface area contributed by atoms with Crippen LogP contribution in [0.25, 0.3) is 0 Å². The second kappa shape index (κ2) is 9.08. The Balaban J connectivity index is 2.65. The monoisotopic (exact) mass is 265 g/mol. The molecule has 0 heterocycles. The Morgan fingerprint density at radius 3 is 2.47 bits per heavy atom. The van der Waals surface area contributed by atoms with Crippen LogP contribution in [0.4, 0.5) is 0 Å². The molecule has 1 atom stereocenters. The minimum Gasteiger partial charge on any atom is -0.394 e. The molecule has 0 aliphatic rings. The molecule has 0 fully saturated rings. The summed E-state index contributed by atoms with van der Waals surface area (Å²) in [6, 6.07) is 10.0. The summed E-state index contributed by atoms with van der Waals surface area (Å²) >= 11 is 0. The van der Waals surface area contributed by atoms with Gasteiger partial charge in [-0.25, -0.2) is 0 Å². The van der Waals surface area contributed by atoms with Crippen LogP contribution in [0.3, 0.4) is 0 Å². The molecular formula is C16H27NO2. The van der Waals surface area contributed by atoms with E-state index in [0.29, 0.717) is 6.61 Å². The predicted molar refractivity (Wildman–Crippen MR) is 79.2 cm³/mol. The van der Waals surface area contributed by atoms with Crippen LogP contribution in [0.5, 0.6) is 0 Å². The zero-order chi connectivity index (χ0) is 14.0. The summed E-state index contributed by atoms with van der Waals surface area (Å²) in [5.41, 5.74) is 0.595. The Bertz CT molecular complexity index is 329. The van der Waals surface area contributed by atoms with Crippen LogP contribution in [-0.4, -0.2) is 31.5 Å². The molecule has 0 saturated carbocycles. The number of likely N-dealkylation sites (N-methyl/N-ethyl adjacent to an activating group) is 1. The summed E-state index contributed by atoms with van der Waals surface area (Å²) in [5, 5.41) is 13.2. The minimum absolute atomic E-state index is 0.0403. The van der Waals surface area contributed by atoms with Crippen LogP contribution in [-0.2, 0) is 10.3 Å². The van der Waals surface area contributed by atoms with Crippen molar-refractivity contribution in [2.45, 2.75) is 38.6 Å². The van der Waals surface area contributed by atoms with E-state index in [-0.39, 0.29) is 6.61 Å². The number of nitrogens with one attached hydrogen (secondary N) is 1. The van der Waals surface area contributed by atoms with Crippen molar-refractivity contribution in [2.24, 2.45) is 0 Å². The highest BCUT2D eigenvalue weighted by molar-refractivity contribution is 5.25. The topological polar surface area (TPSA) is 41.5 Å². The van der Waals surface area contributed by atoms with Crippen molar-refractivity contribution in [2.75, 3.05) is 26.4 Å². The van der Waals surface area contributed by atoms with Gasteiger partial charge in [0.05, 0.1) is 18.8 Å². The lowest BCUT2D eigenvalue weighted by atomic mass is 9.91. The Morgan fingerprint density at radius 2 is 1.89 bits per heavy atom. The number of hydrogen-bond acceptors (Lipinski definition) is 3. The predicted octanol–water partition coefficient (Wildman–Crippen LogP) is 2.69. The first kappa shape index (κ1) is 16.2. The van der Waals surface area contributed by atoms with Gasteiger partial charge in [-0.05, 0) is 18.5 Å². The Morgan fingerprint density at radius 1 is 1.16 bits per heavy atom. The van der Waals surface area contributed by atoms with Gasteiger partial charge in [0.1, 0.15) is 0 Å². The highest BCUT2D eigenvalue weighted by Crippen LogP contribution is 2.21. The maximum atomic E-state index is 9.82. The smallest absolute Gasteiger partial charge is 0.0905 e. The van der Waals surface area contributed by atoms with Gasteiger partial charge < -0.3 is 15.2 Å². The fraction of sp³-hybridized carbons (Fsp3) is 0.625. The SMILES string of the molecule is CCCCCOCC(CO)(NCC)c1ccccc1. The van der Waals surface area contributed by atoms with Crippen LogP contribution >= 0.6 is 0 Å². The van der Waals surface area contributed by atoms with Crippen molar-refractivity contribution in [3.8, 4) is 0 Å². The molecular weight excluding hydrogens is 238 g/mol. The molecule has 3 heteroatoms. The van der Waals surface area contributed by atoms with E-state index in [1.165, 1.54) is 12.8 Å². The van der Waals surface area contributed by atoms with E-state index >= 15 is 0 Å². The van der Waals surface area contributed by atoms with Crippen LogP contribution in [0, 0.1) is 0 Å². The molecule has 0 spiro atoms. The molecule has 3 nitrogen and oxygen atoms in total. The first-order valence-corrected chi connectivity index (χ1v) is 7.28. The van der Waals surface area contributed by atoms with E-state index in [9.17, 15) is 5.11 Å². The lowest BCUT2D eigenvalue weighted by Crippen LogP contribution is -2.49. The van der Waals surface area contributed by atoms with Gasteiger partial charge >= 0.3 is 0 Å². The largest absolute Gasteiger partial charge is 0.394 e. The van der Waals surface area contributed by atoms with Crippen molar-refractivity contribution < 1.29 is 9.84 Å². The number of rotatable bonds is 10. The van der Waals surface area contributed by atoms with E-state index in [1.54, 1.807) is 0 Å². The van der Waals surface area contributed by atoms with Crippen LogP contribution in [0.1, 0.15) is 38.7 Å². The van der Waals surface area contributed by atoms with Gasteiger partial charge in [0.2, 0.25) is 0 Å². The van der Waals surface area contributed by atoms with Crippen molar-refractivity contribution in [3.05, 3.63) is 35.9 Å². The molecule has 2 N–H and O–H groups in total. The maximum Gasteiger partial charge on any atom is 0.0905 e. The first-order chi connectivity index (χ1) is 9.29. The van der Waals surface area contributed by atoms with Gasteiger partial charge in [-0.1, -0.05) is 57.0 Å². The number of hydrogen-bond donors (Lipinski definition) is 2. The maximum absolute atomic E-state index is 9.82. The van der Waals surface area contributed by atoms with Crippen LogP contribution in [0.2, 0.25) is 0 Å². The fourth-order valence-electron chi connectivity index (χ4n) is 2.23.